The Hall–Kier alpha value is -1.20. The number of methoxy groups -OCH3 is 1. The second-order valence-corrected chi connectivity index (χ2v) is 3.23. The topological polar surface area (TPSA) is 58.5 Å². The van der Waals surface area contributed by atoms with Crippen LogP contribution in [-0.4, -0.2) is 47.7 Å². The van der Waals surface area contributed by atoms with Gasteiger partial charge in [0.15, 0.2) is 0 Å². The summed E-state index contributed by atoms with van der Waals surface area (Å²) in [5, 5.41) is 9.78. The number of rotatable bonds is 4. The number of ether oxygens (including phenoxy) is 1. The number of aromatic nitrogens is 2. The zero-order chi connectivity index (χ0) is 10.6. The normalized spacial score (nSPS) is 12.9. The molecule has 1 aromatic heterocycles. The van der Waals surface area contributed by atoms with Crippen LogP contribution in [0, 0.1) is 0 Å². The molecule has 0 bridgehead atoms. The third-order valence-electron chi connectivity index (χ3n) is 1.74. The van der Waals surface area contributed by atoms with Gasteiger partial charge in [0.1, 0.15) is 11.8 Å². The molecule has 0 spiro atoms. The Labute approximate surface area is 83.4 Å². The van der Waals surface area contributed by atoms with Gasteiger partial charge in [-0.15, -0.1) is 0 Å². The first-order chi connectivity index (χ1) is 6.65. The molecular formula is C9H15N3O2. The van der Waals surface area contributed by atoms with Crippen LogP contribution in [0.1, 0.15) is 11.8 Å². The van der Waals surface area contributed by atoms with E-state index in [4.69, 9.17) is 4.74 Å². The highest BCUT2D eigenvalue weighted by atomic mass is 16.5. The molecule has 1 rings (SSSR count). The third-order valence-corrected chi connectivity index (χ3v) is 1.74. The number of aliphatic hydroxyl groups excluding tert-OH is 1. The summed E-state index contributed by atoms with van der Waals surface area (Å²) in [6.07, 6.45) is 2.40. The van der Waals surface area contributed by atoms with Gasteiger partial charge in [-0.25, -0.2) is 4.98 Å². The lowest BCUT2D eigenvalue weighted by Crippen LogP contribution is -2.21. The summed E-state index contributed by atoms with van der Waals surface area (Å²) in [4.78, 5) is 9.87. The lowest BCUT2D eigenvalue weighted by Gasteiger charge is -2.16. The van der Waals surface area contributed by atoms with Crippen LogP contribution in [0.25, 0.3) is 0 Å². The van der Waals surface area contributed by atoms with Gasteiger partial charge in [-0.2, -0.15) is 0 Å². The van der Waals surface area contributed by atoms with Crippen LogP contribution in [0.4, 0.5) is 0 Å². The van der Waals surface area contributed by atoms with Crippen LogP contribution in [0.3, 0.4) is 0 Å². The maximum atomic E-state index is 9.78. The lowest BCUT2D eigenvalue weighted by molar-refractivity contribution is 0.130. The van der Waals surface area contributed by atoms with Gasteiger partial charge < -0.3 is 14.7 Å². The second kappa shape index (κ2) is 4.88. The van der Waals surface area contributed by atoms with Gasteiger partial charge in [0, 0.05) is 18.9 Å². The van der Waals surface area contributed by atoms with Crippen molar-refractivity contribution in [2.45, 2.75) is 6.10 Å². The first-order valence-electron chi connectivity index (χ1n) is 4.33. The molecule has 78 valence electrons. The zero-order valence-corrected chi connectivity index (χ0v) is 8.64. The molecule has 0 aliphatic rings. The smallest absolute Gasteiger partial charge is 0.238 e. The summed E-state index contributed by atoms with van der Waals surface area (Å²) in [6, 6.07) is 0. The van der Waals surface area contributed by atoms with E-state index in [1.807, 2.05) is 19.0 Å². The number of hydrogen-bond donors (Lipinski definition) is 1. The molecule has 0 radical (unpaired) electrons. The molecule has 1 aromatic rings. The van der Waals surface area contributed by atoms with E-state index in [1.165, 1.54) is 19.5 Å². The number of likely N-dealkylation sites (N-methyl/N-ethyl adjacent to an activating group) is 1. The largest absolute Gasteiger partial charge is 0.480 e. The van der Waals surface area contributed by atoms with Crippen molar-refractivity contribution >= 4 is 0 Å². The van der Waals surface area contributed by atoms with Gasteiger partial charge in [0.05, 0.1) is 7.11 Å². The van der Waals surface area contributed by atoms with Gasteiger partial charge in [-0.05, 0) is 14.1 Å². The Bertz CT molecular complexity index is 291. The van der Waals surface area contributed by atoms with Crippen molar-refractivity contribution in [3.8, 4) is 5.88 Å². The van der Waals surface area contributed by atoms with Crippen molar-refractivity contribution in [3.05, 3.63) is 18.1 Å². The molecule has 5 nitrogen and oxygen atoms in total. The summed E-state index contributed by atoms with van der Waals surface area (Å²) in [5.74, 6) is 0.377. The summed E-state index contributed by atoms with van der Waals surface area (Å²) in [7, 11) is 5.27. The van der Waals surface area contributed by atoms with Crippen LogP contribution in [0.15, 0.2) is 12.4 Å². The van der Waals surface area contributed by atoms with Crippen molar-refractivity contribution in [1.29, 1.82) is 0 Å². The monoisotopic (exact) mass is 197 g/mol. The highest BCUT2D eigenvalue weighted by Gasteiger charge is 2.15. The number of hydrogen-bond acceptors (Lipinski definition) is 5. The second-order valence-electron chi connectivity index (χ2n) is 3.23. The molecule has 14 heavy (non-hydrogen) atoms. The van der Waals surface area contributed by atoms with E-state index < -0.39 is 6.10 Å². The molecule has 1 atom stereocenters. The van der Waals surface area contributed by atoms with E-state index in [1.54, 1.807) is 0 Å². The fraction of sp³-hybridized carbons (Fsp3) is 0.556. The van der Waals surface area contributed by atoms with Crippen molar-refractivity contribution in [1.82, 2.24) is 14.9 Å². The van der Waals surface area contributed by atoms with Crippen LogP contribution < -0.4 is 4.74 Å². The summed E-state index contributed by atoms with van der Waals surface area (Å²) >= 11 is 0. The minimum Gasteiger partial charge on any atom is -0.480 e. The minimum atomic E-state index is -0.673. The first-order valence-corrected chi connectivity index (χ1v) is 4.33. The maximum absolute atomic E-state index is 9.78. The standard InChI is InChI=1S/C9H15N3O2/c1-12(2)6-7(13)8-9(14-3)11-5-4-10-8/h4-5,7,13H,6H2,1-3H3. The van der Waals surface area contributed by atoms with Gasteiger partial charge in [0.25, 0.3) is 0 Å². The summed E-state index contributed by atoms with van der Waals surface area (Å²) in [6.45, 7) is 0.495. The fourth-order valence-corrected chi connectivity index (χ4v) is 1.15. The summed E-state index contributed by atoms with van der Waals surface area (Å²) in [5.41, 5.74) is 0.476. The lowest BCUT2D eigenvalue weighted by atomic mass is 10.2. The Balaban J connectivity index is 2.82. The molecule has 0 aliphatic heterocycles. The van der Waals surface area contributed by atoms with Crippen molar-refractivity contribution < 1.29 is 9.84 Å². The Morgan fingerprint density at radius 1 is 1.43 bits per heavy atom. The predicted octanol–water partition coefficient (Wildman–Crippen LogP) is 0.0802. The SMILES string of the molecule is COc1nccnc1C(O)CN(C)C. The summed E-state index contributed by atoms with van der Waals surface area (Å²) < 4.78 is 5.00. The number of nitrogens with zero attached hydrogens (tertiary/aromatic N) is 3. The van der Waals surface area contributed by atoms with Gasteiger partial charge in [0.2, 0.25) is 5.88 Å². The van der Waals surface area contributed by atoms with Crippen LogP contribution in [-0.2, 0) is 0 Å². The molecule has 0 saturated carbocycles. The molecule has 0 amide bonds. The fourth-order valence-electron chi connectivity index (χ4n) is 1.15. The van der Waals surface area contributed by atoms with Crippen molar-refractivity contribution in [3.63, 3.8) is 0 Å². The van der Waals surface area contributed by atoms with Crippen LogP contribution in [0.2, 0.25) is 0 Å². The molecule has 5 heteroatoms. The van der Waals surface area contributed by atoms with E-state index in [0.717, 1.165) is 0 Å². The molecule has 0 saturated heterocycles. The quantitative estimate of drug-likeness (QED) is 0.740. The Morgan fingerprint density at radius 3 is 2.64 bits per heavy atom. The Kier molecular flexibility index (Phi) is 3.79. The molecule has 1 N–H and O–H groups in total. The van der Waals surface area contributed by atoms with E-state index in [2.05, 4.69) is 9.97 Å². The van der Waals surface area contributed by atoms with Crippen molar-refractivity contribution in [2.75, 3.05) is 27.7 Å². The minimum absolute atomic E-state index is 0.377. The average molecular weight is 197 g/mol. The van der Waals surface area contributed by atoms with Gasteiger partial charge in [-0.3, -0.25) is 4.98 Å². The molecular weight excluding hydrogens is 182 g/mol. The van der Waals surface area contributed by atoms with Crippen molar-refractivity contribution in [2.24, 2.45) is 0 Å². The maximum Gasteiger partial charge on any atom is 0.238 e. The highest BCUT2D eigenvalue weighted by molar-refractivity contribution is 5.19. The first kappa shape index (κ1) is 10.9. The van der Waals surface area contributed by atoms with E-state index in [0.29, 0.717) is 18.1 Å². The third kappa shape index (κ3) is 2.65. The molecule has 0 fully saturated rings. The number of aliphatic hydroxyl groups is 1. The van der Waals surface area contributed by atoms with Gasteiger partial charge in [-0.1, -0.05) is 0 Å². The van der Waals surface area contributed by atoms with Gasteiger partial charge >= 0.3 is 0 Å². The molecule has 0 aliphatic carbocycles. The van der Waals surface area contributed by atoms with Crippen LogP contribution >= 0.6 is 0 Å². The zero-order valence-electron chi connectivity index (χ0n) is 8.64. The Morgan fingerprint density at radius 2 is 2.07 bits per heavy atom. The van der Waals surface area contributed by atoms with Crippen LogP contribution in [0.5, 0.6) is 5.88 Å². The van der Waals surface area contributed by atoms with E-state index in [-0.39, 0.29) is 0 Å². The molecule has 0 aromatic carbocycles. The molecule has 1 unspecified atom stereocenters. The highest BCUT2D eigenvalue weighted by Crippen LogP contribution is 2.19. The molecule has 1 heterocycles. The average Bonchev–Trinajstić information content (AvgIpc) is 2.16. The van der Waals surface area contributed by atoms with E-state index >= 15 is 0 Å². The van der Waals surface area contributed by atoms with E-state index in [9.17, 15) is 5.11 Å². The predicted molar refractivity (Wildman–Crippen MR) is 52.1 cm³/mol.